The van der Waals surface area contributed by atoms with Crippen molar-refractivity contribution in [2.24, 2.45) is 0 Å². The standard InChI is InChI=1S/C8H14F3NO/c1-2-7(8(9,10)11)12-3-5-13-6-4-12/h7H,2-6H2,1H3. The van der Waals surface area contributed by atoms with Crippen molar-refractivity contribution in [1.82, 2.24) is 4.90 Å². The molecule has 0 radical (unpaired) electrons. The molecule has 5 heteroatoms. The summed E-state index contributed by atoms with van der Waals surface area (Å²) in [7, 11) is 0. The molecule has 0 aromatic heterocycles. The molecule has 0 bridgehead atoms. The van der Waals surface area contributed by atoms with Crippen LogP contribution in [0.5, 0.6) is 0 Å². The minimum absolute atomic E-state index is 0.115. The van der Waals surface area contributed by atoms with Gasteiger partial charge in [-0.3, -0.25) is 4.90 Å². The number of nitrogens with zero attached hydrogens (tertiary/aromatic N) is 1. The molecule has 2 nitrogen and oxygen atoms in total. The fourth-order valence-electron chi connectivity index (χ4n) is 1.59. The molecule has 0 spiro atoms. The highest BCUT2D eigenvalue weighted by molar-refractivity contribution is 4.78. The van der Waals surface area contributed by atoms with Crippen molar-refractivity contribution < 1.29 is 17.9 Å². The maximum Gasteiger partial charge on any atom is 0.404 e. The van der Waals surface area contributed by atoms with E-state index >= 15 is 0 Å². The number of morpholine rings is 1. The third-order valence-electron chi connectivity index (χ3n) is 2.25. The van der Waals surface area contributed by atoms with Gasteiger partial charge in [-0.2, -0.15) is 13.2 Å². The summed E-state index contributed by atoms with van der Waals surface area (Å²) in [6.45, 7) is 3.16. The number of hydrogen-bond donors (Lipinski definition) is 0. The van der Waals surface area contributed by atoms with Crippen LogP contribution >= 0.6 is 0 Å². The topological polar surface area (TPSA) is 12.5 Å². The molecule has 78 valence electrons. The van der Waals surface area contributed by atoms with E-state index in [4.69, 9.17) is 4.74 Å². The molecule has 13 heavy (non-hydrogen) atoms. The molecule has 1 aliphatic rings. The Kier molecular flexibility index (Phi) is 3.55. The Bertz CT molecular complexity index is 154. The Labute approximate surface area is 75.7 Å². The minimum Gasteiger partial charge on any atom is -0.379 e. The molecule has 0 aromatic carbocycles. The molecule has 0 aliphatic carbocycles. The van der Waals surface area contributed by atoms with Crippen LogP contribution in [0.3, 0.4) is 0 Å². The van der Waals surface area contributed by atoms with Gasteiger partial charge in [0.15, 0.2) is 0 Å². The van der Waals surface area contributed by atoms with Crippen LogP contribution < -0.4 is 0 Å². The Balaban J connectivity index is 2.54. The van der Waals surface area contributed by atoms with Crippen LogP contribution in [0.15, 0.2) is 0 Å². The van der Waals surface area contributed by atoms with Crippen LogP contribution in [-0.2, 0) is 4.74 Å². The zero-order valence-corrected chi connectivity index (χ0v) is 7.60. The van der Waals surface area contributed by atoms with Gasteiger partial charge in [0.1, 0.15) is 6.04 Å². The fraction of sp³-hybridized carbons (Fsp3) is 1.00. The van der Waals surface area contributed by atoms with Gasteiger partial charge < -0.3 is 4.74 Å². The normalized spacial score (nSPS) is 23.1. The maximum atomic E-state index is 12.4. The first-order valence-corrected chi connectivity index (χ1v) is 4.44. The molecule has 0 aromatic rings. The lowest BCUT2D eigenvalue weighted by molar-refractivity contribution is -0.192. The molecular formula is C8H14F3NO. The van der Waals surface area contributed by atoms with Crippen LogP contribution in [0.4, 0.5) is 13.2 Å². The first-order chi connectivity index (χ1) is 6.05. The molecule has 1 rings (SSSR count). The summed E-state index contributed by atoms with van der Waals surface area (Å²) in [4.78, 5) is 1.45. The lowest BCUT2D eigenvalue weighted by atomic mass is 10.1. The van der Waals surface area contributed by atoms with Crippen molar-refractivity contribution in [3.63, 3.8) is 0 Å². The van der Waals surface area contributed by atoms with Gasteiger partial charge in [0.2, 0.25) is 0 Å². The van der Waals surface area contributed by atoms with E-state index in [1.807, 2.05) is 0 Å². The highest BCUT2D eigenvalue weighted by Gasteiger charge is 2.42. The largest absolute Gasteiger partial charge is 0.404 e. The Morgan fingerprint density at radius 2 is 1.85 bits per heavy atom. The van der Waals surface area contributed by atoms with Gasteiger partial charge in [0.05, 0.1) is 13.2 Å². The van der Waals surface area contributed by atoms with Crippen molar-refractivity contribution in [2.45, 2.75) is 25.6 Å². The number of alkyl halides is 3. The molecular weight excluding hydrogens is 183 g/mol. The quantitative estimate of drug-likeness (QED) is 0.667. The Morgan fingerprint density at radius 3 is 2.23 bits per heavy atom. The summed E-state index contributed by atoms with van der Waals surface area (Å²) in [6, 6.07) is -1.30. The van der Waals surface area contributed by atoms with Gasteiger partial charge in [-0.05, 0) is 6.42 Å². The molecule has 1 saturated heterocycles. The smallest absolute Gasteiger partial charge is 0.379 e. The van der Waals surface area contributed by atoms with Crippen LogP contribution in [0, 0.1) is 0 Å². The van der Waals surface area contributed by atoms with Gasteiger partial charge in [-0.1, -0.05) is 6.92 Å². The van der Waals surface area contributed by atoms with Gasteiger partial charge in [-0.15, -0.1) is 0 Å². The second kappa shape index (κ2) is 4.28. The lowest BCUT2D eigenvalue weighted by Gasteiger charge is -2.34. The predicted octanol–water partition coefficient (Wildman–Crippen LogP) is 1.66. The van der Waals surface area contributed by atoms with Crippen molar-refractivity contribution >= 4 is 0 Å². The van der Waals surface area contributed by atoms with E-state index < -0.39 is 12.2 Å². The van der Waals surface area contributed by atoms with Crippen LogP contribution in [0.25, 0.3) is 0 Å². The molecule has 0 N–H and O–H groups in total. The zero-order valence-electron chi connectivity index (χ0n) is 7.60. The summed E-state index contributed by atoms with van der Waals surface area (Å²) in [6.07, 6.45) is -3.99. The summed E-state index contributed by atoms with van der Waals surface area (Å²) >= 11 is 0. The third-order valence-corrected chi connectivity index (χ3v) is 2.25. The lowest BCUT2D eigenvalue weighted by Crippen LogP contribution is -2.50. The number of ether oxygens (including phenoxy) is 1. The summed E-state index contributed by atoms with van der Waals surface area (Å²) in [5.74, 6) is 0. The van der Waals surface area contributed by atoms with Crippen LogP contribution in [-0.4, -0.2) is 43.4 Å². The van der Waals surface area contributed by atoms with E-state index in [-0.39, 0.29) is 6.42 Å². The third kappa shape index (κ3) is 2.84. The summed E-state index contributed by atoms with van der Waals surface area (Å²) in [5.41, 5.74) is 0. The molecule has 0 amide bonds. The van der Waals surface area contributed by atoms with Crippen molar-refractivity contribution in [3.8, 4) is 0 Å². The number of halogens is 3. The van der Waals surface area contributed by atoms with E-state index in [1.54, 1.807) is 6.92 Å². The summed E-state index contributed by atoms with van der Waals surface area (Å²) in [5, 5.41) is 0. The molecule has 1 unspecified atom stereocenters. The highest BCUT2D eigenvalue weighted by atomic mass is 19.4. The van der Waals surface area contributed by atoms with E-state index in [0.29, 0.717) is 26.3 Å². The zero-order chi connectivity index (χ0) is 9.90. The van der Waals surface area contributed by atoms with Gasteiger partial charge in [-0.25, -0.2) is 0 Å². The minimum atomic E-state index is -4.11. The fourth-order valence-corrected chi connectivity index (χ4v) is 1.59. The number of rotatable bonds is 2. The molecule has 1 heterocycles. The Hall–Kier alpha value is -0.290. The Morgan fingerprint density at radius 1 is 1.31 bits per heavy atom. The first kappa shape index (κ1) is 10.8. The second-order valence-corrected chi connectivity index (χ2v) is 3.11. The van der Waals surface area contributed by atoms with Gasteiger partial charge >= 0.3 is 6.18 Å². The van der Waals surface area contributed by atoms with Crippen LogP contribution in [0.1, 0.15) is 13.3 Å². The molecule has 0 saturated carbocycles. The highest BCUT2D eigenvalue weighted by Crippen LogP contribution is 2.27. The van der Waals surface area contributed by atoms with E-state index in [0.717, 1.165) is 0 Å². The first-order valence-electron chi connectivity index (χ1n) is 4.44. The average molecular weight is 197 g/mol. The average Bonchev–Trinajstić information content (AvgIpc) is 2.05. The van der Waals surface area contributed by atoms with Crippen molar-refractivity contribution in [1.29, 1.82) is 0 Å². The van der Waals surface area contributed by atoms with E-state index in [1.165, 1.54) is 4.90 Å². The van der Waals surface area contributed by atoms with Crippen molar-refractivity contribution in [3.05, 3.63) is 0 Å². The van der Waals surface area contributed by atoms with E-state index in [9.17, 15) is 13.2 Å². The number of hydrogen-bond acceptors (Lipinski definition) is 2. The van der Waals surface area contributed by atoms with Crippen LogP contribution in [0.2, 0.25) is 0 Å². The molecule has 1 aliphatic heterocycles. The molecule has 1 fully saturated rings. The summed E-state index contributed by atoms with van der Waals surface area (Å²) < 4.78 is 42.3. The maximum absolute atomic E-state index is 12.4. The predicted molar refractivity (Wildman–Crippen MR) is 42.5 cm³/mol. The van der Waals surface area contributed by atoms with E-state index in [2.05, 4.69) is 0 Å². The van der Waals surface area contributed by atoms with Gasteiger partial charge in [0.25, 0.3) is 0 Å². The van der Waals surface area contributed by atoms with Crippen molar-refractivity contribution in [2.75, 3.05) is 26.3 Å². The van der Waals surface area contributed by atoms with Gasteiger partial charge in [0, 0.05) is 13.1 Å². The molecule has 1 atom stereocenters. The monoisotopic (exact) mass is 197 g/mol. The SMILES string of the molecule is CCC(N1CCOCC1)C(F)(F)F. The second-order valence-electron chi connectivity index (χ2n) is 3.11.